The molecule has 3 amide bonds. The van der Waals surface area contributed by atoms with Crippen LogP contribution < -0.4 is 14.8 Å². The van der Waals surface area contributed by atoms with Crippen molar-refractivity contribution in [1.29, 1.82) is 0 Å². The largest absolute Gasteiger partial charge is 0.467 e. The summed E-state index contributed by atoms with van der Waals surface area (Å²) in [4.78, 5) is 29.7. The summed E-state index contributed by atoms with van der Waals surface area (Å²) in [5, 5.41) is 3.11. The Bertz CT molecular complexity index is 942. The van der Waals surface area contributed by atoms with Crippen LogP contribution in [0.25, 0.3) is 0 Å². The van der Waals surface area contributed by atoms with Crippen molar-refractivity contribution in [1.82, 2.24) is 15.1 Å². The van der Waals surface area contributed by atoms with E-state index in [9.17, 15) is 9.59 Å². The minimum atomic E-state index is -0.224. The number of rotatable bonds is 10. The van der Waals surface area contributed by atoms with Crippen LogP contribution in [0.1, 0.15) is 43.4 Å². The van der Waals surface area contributed by atoms with Crippen molar-refractivity contribution in [2.45, 2.75) is 51.2 Å². The van der Waals surface area contributed by atoms with E-state index in [2.05, 4.69) is 5.32 Å². The summed E-state index contributed by atoms with van der Waals surface area (Å²) >= 11 is 0. The number of carbonyl (C=O) groups is 2. The van der Waals surface area contributed by atoms with Gasteiger partial charge in [-0.1, -0.05) is 25.3 Å². The Balaban J connectivity index is 1.45. The molecule has 1 aliphatic carbocycles. The first kappa shape index (κ1) is 23.9. The second-order valence-electron chi connectivity index (χ2n) is 8.72. The smallest absolute Gasteiger partial charge is 0.318 e. The third-order valence-electron chi connectivity index (χ3n) is 6.20. The fraction of sp³-hybridized carbons (Fsp3) is 0.520. The second-order valence-corrected chi connectivity index (χ2v) is 8.72. The maximum absolute atomic E-state index is 13.4. The number of furan rings is 1. The van der Waals surface area contributed by atoms with E-state index < -0.39 is 0 Å². The maximum Gasteiger partial charge on any atom is 0.318 e. The lowest BCUT2D eigenvalue weighted by molar-refractivity contribution is -0.133. The third-order valence-corrected chi connectivity index (χ3v) is 6.20. The molecule has 1 N–H and O–H groups in total. The highest BCUT2D eigenvalue weighted by Gasteiger charge is 2.25. The van der Waals surface area contributed by atoms with Crippen molar-refractivity contribution in [3.63, 3.8) is 0 Å². The Morgan fingerprint density at radius 2 is 1.88 bits per heavy atom. The van der Waals surface area contributed by atoms with Crippen molar-refractivity contribution < 1.29 is 28.2 Å². The molecule has 0 atom stereocenters. The SMILES string of the molecule is COCCN(CC(=O)N(Cc1ccc2c(c1)OCO2)Cc1ccco1)C(=O)NC1CCCCC1. The van der Waals surface area contributed by atoms with Crippen molar-refractivity contribution >= 4 is 11.9 Å². The van der Waals surface area contributed by atoms with E-state index in [0.29, 0.717) is 43.5 Å². The molecule has 1 aromatic carbocycles. The number of amides is 3. The number of hydrogen-bond acceptors (Lipinski definition) is 6. The highest BCUT2D eigenvalue weighted by atomic mass is 16.7. The zero-order valence-corrected chi connectivity index (χ0v) is 19.7. The monoisotopic (exact) mass is 471 g/mol. The normalized spacial score (nSPS) is 15.2. The number of fused-ring (bicyclic) bond motifs is 1. The minimum Gasteiger partial charge on any atom is -0.467 e. The lowest BCUT2D eigenvalue weighted by Crippen LogP contribution is -2.50. The number of urea groups is 1. The van der Waals surface area contributed by atoms with Gasteiger partial charge in [0.1, 0.15) is 12.3 Å². The molecule has 0 unspecified atom stereocenters. The highest BCUT2D eigenvalue weighted by Crippen LogP contribution is 2.33. The third kappa shape index (κ3) is 6.44. The highest BCUT2D eigenvalue weighted by molar-refractivity contribution is 5.84. The zero-order chi connectivity index (χ0) is 23.8. The summed E-state index contributed by atoms with van der Waals surface area (Å²) in [5.74, 6) is 1.85. The van der Waals surface area contributed by atoms with Crippen LogP contribution in [-0.4, -0.2) is 61.4 Å². The molecule has 0 radical (unpaired) electrons. The number of methoxy groups -OCH3 is 1. The van der Waals surface area contributed by atoms with Gasteiger partial charge in [-0.05, 0) is 42.7 Å². The van der Waals surface area contributed by atoms with Gasteiger partial charge >= 0.3 is 6.03 Å². The van der Waals surface area contributed by atoms with Gasteiger partial charge in [0.05, 0.1) is 19.4 Å². The maximum atomic E-state index is 13.4. The topological polar surface area (TPSA) is 93.5 Å². The molecule has 184 valence electrons. The van der Waals surface area contributed by atoms with Crippen molar-refractivity contribution in [2.75, 3.05) is 33.6 Å². The summed E-state index contributed by atoms with van der Waals surface area (Å²) in [6, 6.07) is 9.19. The number of benzene rings is 1. The quantitative estimate of drug-likeness (QED) is 0.570. The second kappa shape index (κ2) is 11.8. The van der Waals surface area contributed by atoms with Gasteiger partial charge in [0.25, 0.3) is 0 Å². The van der Waals surface area contributed by atoms with E-state index in [1.807, 2.05) is 24.3 Å². The van der Waals surface area contributed by atoms with E-state index in [1.54, 1.807) is 24.3 Å². The number of nitrogens with zero attached hydrogens (tertiary/aromatic N) is 2. The van der Waals surface area contributed by atoms with Crippen molar-refractivity contribution in [2.24, 2.45) is 0 Å². The average molecular weight is 472 g/mol. The standard InChI is InChI=1S/C25H33N3O6/c1-31-13-11-27(25(30)26-20-6-3-2-4-7-20)17-24(29)28(16-21-8-5-12-32-21)15-19-9-10-22-23(14-19)34-18-33-22/h5,8-10,12,14,20H,2-4,6-7,11,13,15-18H2,1H3,(H,26,30). The zero-order valence-electron chi connectivity index (χ0n) is 19.7. The molecule has 9 nitrogen and oxygen atoms in total. The first-order chi connectivity index (χ1) is 16.6. The Morgan fingerprint density at radius 3 is 2.65 bits per heavy atom. The van der Waals surface area contributed by atoms with E-state index in [1.165, 1.54) is 11.3 Å². The van der Waals surface area contributed by atoms with E-state index in [0.717, 1.165) is 31.2 Å². The van der Waals surface area contributed by atoms with Crippen LogP contribution in [-0.2, 0) is 22.6 Å². The summed E-state index contributed by atoms with van der Waals surface area (Å²) in [5.41, 5.74) is 0.902. The molecule has 1 aliphatic heterocycles. The Morgan fingerprint density at radius 1 is 1.06 bits per heavy atom. The molecule has 34 heavy (non-hydrogen) atoms. The van der Waals surface area contributed by atoms with Crippen LogP contribution in [0, 0.1) is 0 Å². The predicted molar refractivity (Wildman–Crippen MR) is 124 cm³/mol. The molecule has 1 fully saturated rings. The summed E-state index contributed by atoms with van der Waals surface area (Å²) < 4.78 is 21.6. The van der Waals surface area contributed by atoms with E-state index in [4.69, 9.17) is 18.6 Å². The van der Waals surface area contributed by atoms with Crippen LogP contribution >= 0.6 is 0 Å². The number of nitrogens with one attached hydrogen (secondary N) is 1. The molecule has 2 aromatic rings. The van der Waals surface area contributed by atoms with E-state index in [-0.39, 0.29) is 31.3 Å². The Labute approximate surface area is 199 Å². The van der Waals surface area contributed by atoms with Gasteiger partial charge in [0.2, 0.25) is 12.7 Å². The van der Waals surface area contributed by atoms with Crippen LogP contribution in [0.4, 0.5) is 4.79 Å². The van der Waals surface area contributed by atoms with Crippen LogP contribution in [0.3, 0.4) is 0 Å². The van der Waals surface area contributed by atoms with Gasteiger partial charge in [-0.2, -0.15) is 0 Å². The fourth-order valence-corrected chi connectivity index (χ4v) is 4.31. The van der Waals surface area contributed by atoms with Gasteiger partial charge < -0.3 is 33.7 Å². The molecular weight excluding hydrogens is 438 g/mol. The molecule has 2 aliphatic rings. The molecule has 2 heterocycles. The van der Waals surface area contributed by atoms with Crippen LogP contribution in [0.15, 0.2) is 41.0 Å². The van der Waals surface area contributed by atoms with Crippen molar-refractivity contribution in [3.05, 3.63) is 47.9 Å². The summed E-state index contributed by atoms with van der Waals surface area (Å²) in [7, 11) is 1.59. The molecule has 0 saturated heterocycles. The molecule has 0 bridgehead atoms. The minimum absolute atomic E-state index is 0.0484. The summed E-state index contributed by atoms with van der Waals surface area (Å²) in [6.45, 7) is 1.47. The van der Waals surface area contributed by atoms with Crippen LogP contribution in [0.5, 0.6) is 11.5 Å². The van der Waals surface area contributed by atoms with Gasteiger partial charge in [-0.15, -0.1) is 0 Å². The predicted octanol–water partition coefficient (Wildman–Crippen LogP) is 3.53. The van der Waals surface area contributed by atoms with Gasteiger partial charge in [0.15, 0.2) is 11.5 Å². The van der Waals surface area contributed by atoms with Gasteiger partial charge in [-0.25, -0.2) is 4.79 Å². The first-order valence-corrected chi connectivity index (χ1v) is 11.9. The molecule has 1 saturated carbocycles. The average Bonchev–Trinajstić information content (AvgIpc) is 3.53. The molecular formula is C25H33N3O6. The lowest BCUT2D eigenvalue weighted by Gasteiger charge is -2.30. The first-order valence-electron chi connectivity index (χ1n) is 11.9. The Hall–Kier alpha value is -3.20. The van der Waals surface area contributed by atoms with Crippen LogP contribution in [0.2, 0.25) is 0 Å². The number of hydrogen-bond donors (Lipinski definition) is 1. The lowest BCUT2D eigenvalue weighted by atomic mass is 9.96. The molecule has 9 heteroatoms. The fourth-order valence-electron chi connectivity index (χ4n) is 4.31. The molecule has 0 spiro atoms. The van der Waals surface area contributed by atoms with Gasteiger partial charge in [0, 0.05) is 26.2 Å². The van der Waals surface area contributed by atoms with Gasteiger partial charge in [-0.3, -0.25) is 4.79 Å². The van der Waals surface area contributed by atoms with Crippen molar-refractivity contribution in [3.8, 4) is 11.5 Å². The molecule has 1 aromatic heterocycles. The summed E-state index contributed by atoms with van der Waals surface area (Å²) in [6.07, 6.45) is 6.99. The number of ether oxygens (including phenoxy) is 3. The number of carbonyl (C=O) groups excluding carboxylic acids is 2. The molecule has 4 rings (SSSR count). The van der Waals surface area contributed by atoms with E-state index >= 15 is 0 Å². The Kier molecular flexibility index (Phi) is 8.30.